The Balaban J connectivity index is 1.77. The summed E-state index contributed by atoms with van der Waals surface area (Å²) in [5.74, 6) is -0.245. The van der Waals surface area contributed by atoms with Gasteiger partial charge in [-0.25, -0.2) is 4.79 Å². The third kappa shape index (κ3) is 5.77. The summed E-state index contributed by atoms with van der Waals surface area (Å²) in [6, 6.07) is 10.8. The first-order chi connectivity index (χ1) is 14.6. The van der Waals surface area contributed by atoms with Crippen molar-refractivity contribution in [1.29, 1.82) is 0 Å². The summed E-state index contributed by atoms with van der Waals surface area (Å²) in [5.41, 5.74) is 0.674. The van der Waals surface area contributed by atoms with Crippen LogP contribution in [-0.2, 0) is 6.18 Å². The minimum Gasteiger partial charge on any atom is -0.336 e. The first-order valence-corrected chi connectivity index (χ1v) is 10.2. The van der Waals surface area contributed by atoms with Crippen LogP contribution in [0.25, 0.3) is 0 Å². The Morgan fingerprint density at radius 3 is 2.23 bits per heavy atom. The minimum absolute atomic E-state index is 0.00617. The van der Waals surface area contributed by atoms with Crippen molar-refractivity contribution in [2.45, 2.75) is 57.9 Å². The highest BCUT2D eigenvalue weighted by Gasteiger charge is 2.37. The molecule has 0 aromatic heterocycles. The number of rotatable bonds is 6. The Bertz CT molecular complexity index is 938. The number of hydrogen-bond acceptors (Lipinski definition) is 2. The third-order valence-electron chi connectivity index (χ3n) is 5.10. The average Bonchev–Trinajstić information content (AvgIpc) is 3.52. The van der Waals surface area contributed by atoms with E-state index in [1.54, 1.807) is 42.2 Å². The number of halogens is 3. The molecule has 0 spiro atoms. The normalized spacial score (nSPS) is 14.8. The van der Waals surface area contributed by atoms with Crippen molar-refractivity contribution in [3.8, 4) is 0 Å². The summed E-state index contributed by atoms with van der Waals surface area (Å²) < 4.78 is 39.3. The van der Waals surface area contributed by atoms with E-state index in [0.29, 0.717) is 16.8 Å². The van der Waals surface area contributed by atoms with Crippen LogP contribution >= 0.6 is 0 Å². The molecule has 0 saturated heterocycles. The molecule has 5 nitrogen and oxygen atoms in total. The Kier molecular flexibility index (Phi) is 6.57. The standard InChI is InChI=1S/C23H26F3N3O2/c1-14(2)27-22(31)28-19-9-7-16(8-10-19)21(30)29(20-11-12-20)15(3)17-5-4-6-18(13-17)23(24,25)26/h4-10,13-15,20H,11-12H2,1-3H3,(H2,27,28,31). The van der Waals surface area contributed by atoms with E-state index in [9.17, 15) is 22.8 Å². The van der Waals surface area contributed by atoms with Gasteiger partial charge in [-0.1, -0.05) is 12.1 Å². The number of carbonyl (C=O) groups is 2. The highest BCUT2D eigenvalue weighted by molar-refractivity contribution is 5.96. The van der Waals surface area contributed by atoms with Crippen molar-refractivity contribution in [1.82, 2.24) is 10.2 Å². The van der Waals surface area contributed by atoms with Crippen molar-refractivity contribution in [2.24, 2.45) is 0 Å². The van der Waals surface area contributed by atoms with E-state index >= 15 is 0 Å². The van der Waals surface area contributed by atoms with Gasteiger partial charge in [-0.2, -0.15) is 13.2 Å². The zero-order chi connectivity index (χ0) is 22.8. The number of carbonyl (C=O) groups excluding carboxylic acids is 2. The largest absolute Gasteiger partial charge is 0.416 e. The van der Waals surface area contributed by atoms with Crippen molar-refractivity contribution < 1.29 is 22.8 Å². The fraction of sp³-hybridized carbons (Fsp3) is 0.391. The summed E-state index contributed by atoms with van der Waals surface area (Å²) >= 11 is 0. The lowest BCUT2D eigenvalue weighted by Gasteiger charge is -2.30. The van der Waals surface area contributed by atoms with Gasteiger partial charge < -0.3 is 15.5 Å². The van der Waals surface area contributed by atoms with Crippen molar-refractivity contribution in [3.63, 3.8) is 0 Å². The summed E-state index contributed by atoms with van der Waals surface area (Å²) in [4.78, 5) is 26.7. The molecule has 1 atom stereocenters. The number of urea groups is 1. The van der Waals surface area contributed by atoms with Crippen LogP contribution in [0.2, 0.25) is 0 Å². The molecule has 2 aromatic carbocycles. The van der Waals surface area contributed by atoms with E-state index < -0.39 is 17.8 Å². The Hall–Kier alpha value is -3.03. The topological polar surface area (TPSA) is 61.4 Å². The van der Waals surface area contributed by atoms with E-state index in [-0.39, 0.29) is 24.0 Å². The first-order valence-electron chi connectivity index (χ1n) is 10.2. The molecule has 166 valence electrons. The number of alkyl halides is 3. The molecule has 0 aliphatic heterocycles. The highest BCUT2D eigenvalue weighted by Crippen LogP contribution is 2.37. The van der Waals surface area contributed by atoms with Gasteiger partial charge in [0.05, 0.1) is 11.6 Å². The van der Waals surface area contributed by atoms with Gasteiger partial charge >= 0.3 is 12.2 Å². The number of anilines is 1. The number of amides is 3. The summed E-state index contributed by atoms with van der Waals surface area (Å²) in [5, 5.41) is 5.40. The van der Waals surface area contributed by atoms with E-state index in [4.69, 9.17) is 0 Å². The summed E-state index contributed by atoms with van der Waals surface area (Å²) in [6.07, 6.45) is -2.79. The molecule has 1 unspecified atom stereocenters. The SMILES string of the molecule is CC(C)NC(=O)Nc1ccc(C(=O)N(C2CC2)C(C)c2cccc(C(F)(F)F)c2)cc1. The fourth-order valence-electron chi connectivity index (χ4n) is 3.42. The van der Waals surface area contributed by atoms with Crippen molar-refractivity contribution >= 4 is 17.6 Å². The molecule has 1 aliphatic carbocycles. The Morgan fingerprint density at radius 1 is 1.03 bits per heavy atom. The second-order valence-corrected chi connectivity index (χ2v) is 8.07. The number of hydrogen-bond donors (Lipinski definition) is 2. The molecule has 1 saturated carbocycles. The molecule has 3 rings (SSSR count). The van der Waals surface area contributed by atoms with E-state index in [1.807, 2.05) is 13.8 Å². The van der Waals surface area contributed by atoms with Gasteiger partial charge in [0.25, 0.3) is 5.91 Å². The number of nitrogens with zero attached hydrogens (tertiary/aromatic N) is 1. The van der Waals surface area contributed by atoms with Crippen molar-refractivity contribution in [3.05, 3.63) is 65.2 Å². The maximum atomic E-state index is 13.2. The monoisotopic (exact) mass is 433 g/mol. The van der Waals surface area contributed by atoms with Gasteiger partial charge in [-0.15, -0.1) is 0 Å². The zero-order valence-electron chi connectivity index (χ0n) is 17.7. The average molecular weight is 433 g/mol. The molecule has 3 amide bonds. The lowest BCUT2D eigenvalue weighted by molar-refractivity contribution is -0.137. The lowest BCUT2D eigenvalue weighted by atomic mass is 10.0. The van der Waals surface area contributed by atoms with E-state index in [0.717, 1.165) is 25.0 Å². The van der Waals surface area contributed by atoms with Crippen LogP contribution < -0.4 is 10.6 Å². The van der Waals surface area contributed by atoms with Crippen LogP contribution in [0.3, 0.4) is 0 Å². The van der Waals surface area contributed by atoms with E-state index in [2.05, 4.69) is 10.6 Å². The molecule has 31 heavy (non-hydrogen) atoms. The number of benzene rings is 2. The maximum Gasteiger partial charge on any atom is 0.416 e. The smallest absolute Gasteiger partial charge is 0.336 e. The fourth-order valence-corrected chi connectivity index (χ4v) is 3.42. The van der Waals surface area contributed by atoms with Crippen LogP contribution in [0.1, 0.15) is 61.1 Å². The molecule has 1 aliphatic rings. The summed E-state index contributed by atoms with van der Waals surface area (Å²) in [7, 11) is 0. The van der Waals surface area contributed by atoms with E-state index in [1.165, 1.54) is 6.07 Å². The van der Waals surface area contributed by atoms with Crippen LogP contribution in [-0.4, -0.2) is 28.9 Å². The molecule has 8 heteroatoms. The molecule has 1 fully saturated rings. The second kappa shape index (κ2) is 8.99. The van der Waals surface area contributed by atoms with Crippen molar-refractivity contribution in [2.75, 3.05) is 5.32 Å². The van der Waals surface area contributed by atoms with Gasteiger partial charge in [0.2, 0.25) is 0 Å². The van der Waals surface area contributed by atoms with Gasteiger partial charge in [-0.05, 0) is 75.6 Å². The quantitative estimate of drug-likeness (QED) is 0.623. The van der Waals surface area contributed by atoms with Gasteiger partial charge in [0.1, 0.15) is 0 Å². The third-order valence-corrected chi connectivity index (χ3v) is 5.10. The molecule has 2 N–H and O–H groups in total. The van der Waals surface area contributed by atoms with Gasteiger partial charge in [-0.3, -0.25) is 4.79 Å². The first kappa shape index (κ1) is 22.7. The predicted octanol–water partition coefficient (Wildman–Crippen LogP) is 5.60. The van der Waals surface area contributed by atoms with Gasteiger partial charge in [0.15, 0.2) is 0 Å². The molecular weight excluding hydrogens is 407 g/mol. The number of nitrogens with one attached hydrogen (secondary N) is 2. The van der Waals surface area contributed by atoms with Gasteiger partial charge in [0, 0.05) is 23.3 Å². The Morgan fingerprint density at radius 2 is 1.68 bits per heavy atom. The summed E-state index contributed by atoms with van der Waals surface area (Å²) in [6.45, 7) is 5.44. The predicted molar refractivity (Wildman–Crippen MR) is 113 cm³/mol. The van der Waals surface area contributed by atoms with Crippen LogP contribution in [0, 0.1) is 0 Å². The van der Waals surface area contributed by atoms with Crippen LogP contribution in [0.4, 0.5) is 23.7 Å². The zero-order valence-corrected chi connectivity index (χ0v) is 17.7. The lowest BCUT2D eigenvalue weighted by Crippen LogP contribution is -2.36. The van der Waals surface area contributed by atoms with Crippen LogP contribution in [0.15, 0.2) is 48.5 Å². The highest BCUT2D eigenvalue weighted by atomic mass is 19.4. The second-order valence-electron chi connectivity index (χ2n) is 8.07. The molecule has 2 aromatic rings. The Labute approximate surface area is 179 Å². The maximum absolute atomic E-state index is 13.2. The molecular formula is C23H26F3N3O2. The molecule has 0 radical (unpaired) electrons. The molecule has 0 heterocycles. The molecule has 0 bridgehead atoms. The minimum atomic E-state index is -4.44. The van der Waals surface area contributed by atoms with Crippen LogP contribution in [0.5, 0.6) is 0 Å².